The number of halogens is 2. The quantitative estimate of drug-likeness (QED) is 0.823. The van der Waals surface area contributed by atoms with E-state index in [1.165, 1.54) is 6.07 Å². The Bertz CT molecular complexity index is 837. The van der Waals surface area contributed by atoms with E-state index in [0.717, 1.165) is 44.1 Å². The van der Waals surface area contributed by atoms with Gasteiger partial charge in [-0.25, -0.2) is 8.78 Å². The average Bonchev–Trinajstić information content (AvgIpc) is 2.71. The van der Waals surface area contributed by atoms with Gasteiger partial charge in [0.05, 0.1) is 12.2 Å². The number of fused-ring (bicyclic) bond motifs is 1. The molecule has 2 aromatic rings. The first-order valence-electron chi connectivity index (χ1n) is 9.36. The Balaban J connectivity index is 1.60. The van der Waals surface area contributed by atoms with E-state index < -0.39 is 17.7 Å². The number of benzene rings is 2. The number of carbonyl (C=O) groups is 1. The molecule has 1 amide bonds. The van der Waals surface area contributed by atoms with Crippen molar-refractivity contribution >= 4 is 11.6 Å². The molecular formula is C21H22F2N2O2. The summed E-state index contributed by atoms with van der Waals surface area (Å²) >= 11 is 0. The Hall–Kier alpha value is -2.63. The molecule has 0 spiro atoms. The van der Waals surface area contributed by atoms with Crippen LogP contribution in [-0.4, -0.2) is 36.5 Å². The van der Waals surface area contributed by atoms with E-state index in [0.29, 0.717) is 12.3 Å². The number of rotatable bonds is 3. The number of anilines is 1. The summed E-state index contributed by atoms with van der Waals surface area (Å²) in [5, 5.41) is 0. The Morgan fingerprint density at radius 1 is 1.04 bits per heavy atom. The van der Waals surface area contributed by atoms with Gasteiger partial charge in [0.1, 0.15) is 5.75 Å². The maximum absolute atomic E-state index is 14.2. The topological polar surface area (TPSA) is 32.8 Å². The molecule has 142 valence electrons. The molecule has 0 radical (unpaired) electrons. The highest BCUT2D eigenvalue weighted by Crippen LogP contribution is 2.35. The second kappa shape index (κ2) is 7.55. The molecular weight excluding hydrogens is 350 g/mol. The zero-order valence-corrected chi connectivity index (χ0v) is 15.0. The van der Waals surface area contributed by atoms with Crippen LogP contribution in [0.5, 0.6) is 5.75 Å². The number of ether oxygens (including phenoxy) is 1. The van der Waals surface area contributed by atoms with E-state index in [4.69, 9.17) is 4.74 Å². The maximum Gasteiger partial charge on any atom is 0.265 e. The Morgan fingerprint density at radius 3 is 2.63 bits per heavy atom. The summed E-state index contributed by atoms with van der Waals surface area (Å²) in [5.41, 5.74) is 1.04. The van der Waals surface area contributed by atoms with Gasteiger partial charge in [0, 0.05) is 25.2 Å². The largest absolute Gasteiger partial charge is 0.477 e. The molecule has 1 fully saturated rings. The zero-order valence-electron chi connectivity index (χ0n) is 15.0. The molecule has 1 unspecified atom stereocenters. The summed E-state index contributed by atoms with van der Waals surface area (Å²) in [6.45, 7) is 1.98. The molecule has 0 bridgehead atoms. The number of carbonyl (C=O) groups excluding carboxylic acids is 1. The van der Waals surface area contributed by atoms with Crippen LogP contribution >= 0.6 is 0 Å². The minimum atomic E-state index is -0.866. The van der Waals surface area contributed by atoms with Crippen molar-refractivity contribution in [2.24, 2.45) is 0 Å². The molecule has 2 aromatic carbocycles. The van der Waals surface area contributed by atoms with Crippen molar-refractivity contribution in [3.63, 3.8) is 0 Å². The molecule has 6 heteroatoms. The van der Waals surface area contributed by atoms with Crippen molar-refractivity contribution in [1.29, 1.82) is 0 Å². The second-order valence-electron chi connectivity index (χ2n) is 7.05. The molecule has 2 aliphatic rings. The number of para-hydroxylation sites is 2. The van der Waals surface area contributed by atoms with Gasteiger partial charge in [-0.15, -0.1) is 0 Å². The Morgan fingerprint density at radius 2 is 1.81 bits per heavy atom. The molecule has 2 aliphatic heterocycles. The molecule has 27 heavy (non-hydrogen) atoms. The van der Waals surface area contributed by atoms with E-state index in [1.807, 2.05) is 28.0 Å². The number of hydrogen-bond acceptors (Lipinski definition) is 3. The molecule has 2 heterocycles. The lowest BCUT2D eigenvalue weighted by Gasteiger charge is -2.38. The zero-order chi connectivity index (χ0) is 18.8. The van der Waals surface area contributed by atoms with Gasteiger partial charge in [-0.2, -0.15) is 0 Å². The number of hydrogen-bond donors (Lipinski definition) is 0. The third-order valence-electron chi connectivity index (χ3n) is 5.20. The highest BCUT2D eigenvalue weighted by atomic mass is 19.2. The summed E-state index contributed by atoms with van der Waals surface area (Å²) in [4.78, 5) is 16.7. The molecule has 0 aromatic heterocycles. The fourth-order valence-corrected chi connectivity index (χ4v) is 3.78. The predicted octanol–water partition coefficient (Wildman–Crippen LogP) is 3.74. The lowest BCUT2D eigenvalue weighted by Crippen LogP contribution is -2.51. The van der Waals surface area contributed by atoms with E-state index in [2.05, 4.69) is 0 Å². The highest BCUT2D eigenvalue weighted by molar-refractivity contribution is 5.83. The van der Waals surface area contributed by atoms with Crippen LogP contribution in [0.3, 0.4) is 0 Å². The van der Waals surface area contributed by atoms with Crippen LogP contribution in [-0.2, 0) is 11.3 Å². The van der Waals surface area contributed by atoms with Crippen molar-refractivity contribution in [3.05, 3.63) is 59.7 Å². The first kappa shape index (κ1) is 17.8. The monoisotopic (exact) mass is 372 g/mol. The van der Waals surface area contributed by atoms with E-state index in [9.17, 15) is 13.6 Å². The number of piperidine rings is 1. The molecule has 0 saturated carbocycles. The predicted molar refractivity (Wildman–Crippen MR) is 98.7 cm³/mol. The van der Waals surface area contributed by atoms with Gasteiger partial charge in [-0.3, -0.25) is 4.79 Å². The normalized spacial score (nSPS) is 19.4. The van der Waals surface area contributed by atoms with E-state index >= 15 is 0 Å². The summed E-state index contributed by atoms with van der Waals surface area (Å²) in [7, 11) is 0. The lowest BCUT2D eigenvalue weighted by molar-refractivity contribution is -0.139. The molecule has 4 nitrogen and oxygen atoms in total. The minimum Gasteiger partial charge on any atom is -0.477 e. The summed E-state index contributed by atoms with van der Waals surface area (Å²) in [5.74, 6) is -1.15. The third kappa shape index (κ3) is 3.61. The number of likely N-dealkylation sites (tertiary alicyclic amines) is 1. The summed E-state index contributed by atoms with van der Waals surface area (Å²) in [6, 6.07) is 11.6. The fraction of sp³-hybridized carbons (Fsp3) is 0.381. The fourth-order valence-electron chi connectivity index (χ4n) is 3.78. The Kier molecular flexibility index (Phi) is 4.97. The lowest BCUT2D eigenvalue weighted by atomic mass is 10.1. The summed E-state index contributed by atoms with van der Waals surface area (Å²) in [6.07, 6.45) is 2.51. The average molecular weight is 372 g/mol. The van der Waals surface area contributed by atoms with E-state index in [1.54, 1.807) is 12.1 Å². The first-order chi connectivity index (χ1) is 13.1. The standard InChI is InChI=1S/C21H22F2N2O2/c22-16-8-6-7-15(20(16)23)13-25-14-19(21(26)24-11-4-1-5-12-24)27-18-10-3-2-9-17(18)25/h2-3,6-10,19H,1,4-5,11-14H2. The van der Waals surface area contributed by atoms with Crippen LogP contribution in [0, 0.1) is 11.6 Å². The smallest absolute Gasteiger partial charge is 0.265 e. The highest BCUT2D eigenvalue weighted by Gasteiger charge is 2.34. The van der Waals surface area contributed by atoms with Gasteiger partial charge in [0.25, 0.3) is 5.91 Å². The van der Waals surface area contributed by atoms with Gasteiger partial charge in [-0.1, -0.05) is 24.3 Å². The van der Waals surface area contributed by atoms with Crippen LogP contribution in [0.4, 0.5) is 14.5 Å². The van der Waals surface area contributed by atoms with E-state index in [-0.39, 0.29) is 18.0 Å². The van der Waals surface area contributed by atoms with Crippen LogP contribution < -0.4 is 9.64 Å². The van der Waals surface area contributed by atoms with Gasteiger partial charge in [-0.05, 0) is 37.5 Å². The van der Waals surface area contributed by atoms with Crippen molar-refractivity contribution in [2.45, 2.75) is 31.9 Å². The number of nitrogens with zero attached hydrogens (tertiary/aromatic N) is 2. The van der Waals surface area contributed by atoms with Crippen molar-refractivity contribution in [3.8, 4) is 5.75 Å². The van der Waals surface area contributed by atoms with Crippen LogP contribution in [0.2, 0.25) is 0 Å². The maximum atomic E-state index is 14.2. The van der Waals surface area contributed by atoms with Crippen LogP contribution in [0.15, 0.2) is 42.5 Å². The molecule has 1 atom stereocenters. The SMILES string of the molecule is O=C(C1CN(Cc2cccc(F)c2F)c2ccccc2O1)N1CCCCC1. The molecule has 1 saturated heterocycles. The van der Waals surface area contributed by atoms with Gasteiger partial charge in [0.2, 0.25) is 0 Å². The van der Waals surface area contributed by atoms with Gasteiger partial charge >= 0.3 is 0 Å². The van der Waals surface area contributed by atoms with Gasteiger partial charge < -0.3 is 14.5 Å². The van der Waals surface area contributed by atoms with Crippen molar-refractivity contribution in [1.82, 2.24) is 4.90 Å². The van der Waals surface area contributed by atoms with Gasteiger partial charge in [0.15, 0.2) is 17.7 Å². The molecule has 4 rings (SSSR count). The Labute approximate surface area is 157 Å². The minimum absolute atomic E-state index is 0.0334. The molecule has 0 N–H and O–H groups in total. The van der Waals surface area contributed by atoms with Crippen LogP contribution in [0.1, 0.15) is 24.8 Å². The first-order valence-corrected chi connectivity index (χ1v) is 9.36. The number of amides is 1. The van der Waals surface area contributed by atoms with Crippen LogP contribution in [0.25, 0.3) is 0 Å². The second-order valence-corrected chi connectivity index (χ2v) is 7.05. The molecule has 0 aliphatic carbocycles. The van der Waals surface area contributed by atoms with Crippen molar-refractivity contribution < 1.29 is 18.3 Å². The third-order valence-corrected chi connectivity index (χ3v) is 5.20. The van der Waals surface area contributed by atoms with Crippen molar-refractivity contribution in [2.75, 3.05) is 24.5 Å². The summed E-state index contributed by atoms with van der Waals surface area (Å²) < 4.78 is 33.7.